The molecule has 0 amide bonds. The van der Waals surface area contributed by atoms with Crippen molar-refractivity contribution in [1.82, 2.24) is 4.98 Å². The van der Waals surface area contributed by atoms with Gasteiger partial charge in [-0.05, 0) is 18.6 Å². The van der Waals surface area contributed by atoms with Crippen LogP contribution in [0.1, 0.15) is 17.3 Å². The zero-order chi connectivity index (χ0) is 16.2. The molecule has 0 aliphatic heterocycles. The maximum Gasteiger partial charge on any atom is 0.343 e. The Morgan fingerprint density at radius 3 is 2.57 bits per heavy atom. The highest BCUT2D eigenvalue weighted by molar-refractivity contribution is 6.03. The molecule has 2 aromatic carbocycles. The van der Waals surface area contributed by atoms with E-state index in [2.05, 4.69) is 4.98 Å². The lowest BCUT2D eigenvalue weighted by atomic mass is 10.0. The highest BCUT2D eigenvalue weighted by atomic mass is 16.5. The van der Waals surface area contributed by atoms with Gasteiger partial charge in [-0.3, -0.25) is 4.98 Å². The number of carbonyl (C=O) groups excluding carboxylic acids is 1. The molecule has 4 heteroatoms. The standard InChI is InChI=1S/C19H17NO3/c1-3-23-19(21)16-12-20-17-14(13-8-5-4-6-9-13)10-7-11-15(17)18(16)22-2/h4-12H,3H2,1-2H3. The number of pyridine rings is 1. The summed E-state index contributed by atoms with van der Waals surface area (Å²) in [7, 11) is 1.55. The minimum Gasteiger partial charge on any atom is -0.495 e. The lowest BCUT2D eigenvalue weighted by Gasteiger charge is -2.12. The number of hydrogen-bond donors (Lipinski definition) is 0. The van der Waals surface area contributed by atoms with Gasteiger partial charge in [0, 0.05) is 17.1 Å². The van der Waals surface area contributed by atoms with E-state index in [0.717, 1.165) is 22.0 Å². The number of methoxy groups -OCH3 is 1. The molecule has 0 radical (unpaired) electrons. The molecule has 0 saturated carbocycles. The Morgan fingerprint density at radius 1 is 1.09 bits per heavy atom. The molecule has 0 N–H and O–H groups in total. The summed E-state index contributed by atoms with van der Waals surface area (Å²) in [6.07, 6.45) is 1.52. The highest BCUT2D eigenvalue weighted by Gasteiger charge is 2.18. The SMILES string of the molecule is CCOC(=O)c1cnc2c(-c3ccccc3)cccc2c1OC. The number of para-hydroxylation sites is 1. The second-order valence-electron chi connectivity index (χ2n) is 4.99. The second kappa shape index (κ2) is 6.48. The summed E-state index contributed by atoms with van der Waals surface area (Å²) in [4.78, 5) is 16.6. The summed E-state index contributed by atoms with van der Waals surface area (Å²) >= 11 is 0. The predicted octanol–water partition coefficient (Wildman–Crippen LogP) is 4.09. The van der Waals surface area contributed by atoms with Crippen LogP contribution in [0.3, 0.4) is 0 Å². The van der Waals surface area contributed by atoms with Crippen LogP contribution in [0.5, 0.6) is 5.75 Å². The van der Waals surface area contributed by atoms with E-state index in [1.54, 1.807) is 14.0 Å². The van der Waals surface area contributed by atoms with Gasteiger partial charge < -0.3 is 9.47 Å². The van der Waals surface area contributed by atoms with Crippen molar-refractivity contribution in [2.45, 2.75) is 6.92 Å². The Balaban J connectivity index is 2.23. The summed E-state index contributed by atoms with van der Waals surface area (Å²) in [5.41, 5.74) is 3.20. The first-order chi connectivity index (χ1) is 11.3. The van der Waals surface area contributed by atoms with E-state index >= 15 is 0 Å². The summed E-state index contributed by atoms with van der Waals surface area (Å²) in [6.45, 7) is 2.08. The monoisotopic (exact) mass is 307 g/mol. The van der Waals surface area contributed by atoms with Gasteiger partial charge in [-0.2, -0.15) is 0 Å². The molecular formula is C19H17NO3. The van der Waals surface area contributed by atoms with E-state index in [0.29, 0.717) is 17.9 Å². The summed E-state index contributed by atoms with van der Waals surface area (Å²) in [5.74, 6) is 0.0649. The average molecular weight is 307 g/mol. The van der Waals surface area contributed by atoms with Gasteiger partial charge in [0.15, 0.2) is 0 Å². The van der Waals surface area contributed by atoms with Crippen molar-refractivity contribution in [1.29, 1.82) is 0 Å². The van der Waals surface area contributed by atoms with Crippen LogP contribution in [0.25, 0.3) is 22.0 Å². The van der Waals surface area contributed by atoms with Crippen molar-refractivity contribution in [2.24, 2.45) is 0 Å². The first kappa shape index (κ1) is 15.0. The molecule has 4 nitrogen and oxygen atoms in total. The molecule has 0 unspecified atom stereocenters. The third-order valence-corrected chi connectivity index (χ3v) is 3.63. The Morgan fingerprint density at radius 2 is 1.87 bits per heavy atom. The number of benzene rings is 2. The number of aromatic nitrogens is 1. The van der Waals surface area contributed by atoms with Crippen LogP contribution >= 0.6 is 0 Å². The average Bonchev–Trinajstić information content (AvgIpc) is 2.61. The Kier molecular flexibility index (Phi) is 4.24. The molecule has 3 rings (SSSR count). The fourth-order valence-corrected chi connectivity index (χ4v) is 2.62. The highest BCUT2D eigenvalue weighted by Crippen LogP contribution is 2.34. The van der Waals surface area contributed by atoms with Gasteiger partial charge in [0.25, 0.3) is 0 Å². The molecule has 0 spiro atoms. The molecular weight excluding hydrogens is 290 g/mol. The first-order valence-corrected chi connectivity index (χ1v) is 7.44. The van der Waals surface area contributed by atoms with Crippen LogP contribution in [0.2, 0.25) is 0 Å². The summed E-state index contributed by atoms with van der Waals surface area (Å²) in [5, 5.41) is 0.791. The maximum atomic E-state index is 12.1. The lowest BCUT2D eigenvalue weighted by Crippen LogP contribution is -2.08. The van der Waals surface area contributed by atoms with Gasteiger partial charge in [0.05, 0.1) is 19.2 Å². The lowest BCUT2D eigenvalue weighted by molar-refractivity contribution is 0.0522. The number of esters is 1. The van der Waals surface area contributed by atoms with Crippen molar-refractivity contribution < 1.29 is 14.3 Å². The molecule has 116 valence electrons. The van der Waals surface area contributed by atoms with Crippen LogP contribution in [0, 0.1) is 0 Å². The quantitative estimate of drug-likeness (QED) is 0.681. The van der Waals surface area contributed by atoms with E-state index in [1.807, 2.05) is 48.5 Å². The number of ether oxygens (including phenoxy) is 2. The minimum atomic E-state index is -0.427. The van der Waals surface area contributed by atoms with Crippen molar-refractivity contribution in [3.63, 3.8) is 0 Å². The first-order valence-electron chi connectivity index (χ1n) is 7.44. The molecule has 1 aromatic heterocycles. The normalized spacial score (nSPS) is 10.5. The number of rotatable bonds is 4. The number of nitrogens with zero attached hydrogens (tertiary/aromatic N) is 1. The summed E-state index contributed by atoms with van der Waals surface area (Å²) in [6, 6.07) is 15.8. The van der Waals surface area contributed by atoms with Crippen molar-refractivity contribution in [3.8, 4) is 16.9 Å². The van der Waals surface area contributed by atoms with E-state index < -0.39 is 5.97 Å². The Hall–Kier alpha value is -2.88. The van der Waals surface area contributed by atoms with Crippen molar-refractivity contribution in [3.05, 3.63) is 60.3 Å². The van der Waals surface area contributed by atoms with Crippen LogP contribution < -0.4 is 4.74 Å². The molecule has 3 aromatic rings. The van der Waals surface area contributed by atoms with Crippen LogP contribution in [-0.4, -0.2) is 24.7 Å². The minimum absolute atomic E-state index is 0.310. The van der Waals surface area contributed by atoms with Crippen LogP contribution in [0.15, 0.2) is 54.7 Å². The summed E-state index contributed by atoms with van der Waals surface area (Å²) < 4.78 is 10.6. The molecule has 0 saturated heterocycles. The number of carbonyl (C=O) groups is 1. The molecule has 23 heavy (non-hydrogen) atoms. The third-order valence-electron chi connectivity index (χ3n) is 3.63. The third kappa shape index (κ3) is 2.75. The fraction of sp³-hybridized carbons (Fsp3) is 0.158. The van der Waals surface area contributed by atoms with Gasteiger partial charge in [-0.25, -0.2) is 4.79 Å². The number of hydrogen-bond acceptors (Lipinski definition) is 4. The Labute approximate surface area is 134 Å². The zero-order valence-electron chi connectivity index (χ0n) is 13.1. The van der Waals surface area contributed by atoms with Gasteiger partial charge in [0.2, 0.25) is 0 Å². The fourth-order valence-electron chi connectivity index (χ4n) is 2.62. The topological polar surface area (TPSA) is 48.4 Å². The van der Waals surface area contributed by atoms with E-state index in [1.165, 1.54) is 6.20 Å². The van der Waals surface area contributed by atoms with E-state index in [4.69, 9.17) is 9.47 Å². The predicted molar refractivity (Wildman–Crippen MR) is 89.7 cm³/mol. The number of fused-ring (bicyclic) bond motifs is 1. The van der Waals surface area contributed by atoms with Crippen molar-refractivity contribution in [2.75, 3.05) is 13.7 Å². The van der Waals surface area contributed by atoms with E-state index in [-0.39, 0.29) is 0 Å². The molecule has 0 fully saturated rings. The molecule has 0 bridgehead atoms. The Bertz CT molecular complexity index is 844. The molecule has 1 heterocycles. The van der Waals surface area contributed by atoms with Gasteiger partial charge in [0.1, 0.15) is 11.3 Å². The largest absolute Gasteiger partial charge is 0.495 e. The zero-order valence-corrected chi connectivity index (χ0v) is 13.1. The van der Waals surface area contributed by atoms with Crippen LogP contribution in [-0.2, 0) is 4.74 Å². The van der Waals surface area contributed by atoms with E-state index in [9.17, 15) is 4.79 Å². The molecule has 0 aliphatic carbocycles. The molecule has 0 aliphatic rings. The van der Waals surface area contributed by atoms with Gasteiger partial charge in [-0.1, -0.05) is 42.5 Å². The van der Waals surface area contributed by atoms with Gasteiger partial charge in [-0.15, -0.1) is 0 Å². The van der Waals surface area contributed by atoms with Crippen LogP contribution in [0.4, 0.5) is 0 Å². The maximum absolute atomic E-state index is 12.1. The second-order valence-corrected chi connectivity index (χ2v) is 4.99. The van der Waals surface area contributed by atoms with Crippen molar-refractivity contribution >= 4 is 16.9 Å². The smallest absolute Gasteiger partial charge is 0.343 e. The van der Waals surface area contributed by atoms with Gasteiger partial charge >= 0.3 is 5.97 Å². The molecule has 0 atom stereocenters.